The summed E-state index contributed by atoms with van der Waals surface area (Å²) < 4.78 is 5.23. The fourth-order valence-corrected chi connectivity index (χ4v) is 2.36. The van der Waals surface area contributed by atoms with Crippen LogP contribution in [0.15, 0.2) is 29.2 Å². The van der Waals surface area contributed by atoms with E-state index in [-0.39, 0.29) is 0 Å². The van der Waals surface area contributed by atoms with E-state index in [4.69, 9.17) is 16.3 Å². The summed E-state index contributed by atoms with van der Waals surface area (Å²) in [5.74, 6) is 1.02. The Kier molecular flexibility index (Phi) is 7.68. The van der Waals surface area contributed by atoms with Gasteiger partial charge in [-0.3, -0.25) is 0 Å². The van der Waals surface area contributed by atoms with Crippen molar-refractivity contribution in [2.75, 3.05) is 32.1 Å². The highest BCUT2D eigenvalue weighted by Gasteiger charge is 1.98. The molecule has 2 nitrogen and oxygen atoms in total. The van der Waals surface area contributed by atoms with Gasteiger partial charge in [0, 0.05) is 30.3 Å². The molecule has 0 bridgehead atoms. The molecule has 1 N–H and O–H groups in total. The molecule has 0 fully saturated rings. The van der Waals surface area contributed by atoms with Gasteiger partial charge in [-0.2, -0.15) is 0 Å². The fraction of sp³-hybridized carbons (Fsp3) is 0.500. The number of hydrogen-bond acceptors (Lipinski definition) is 3. The van der Waals surface area contributed by atoms with Crippen molar-refractivity contribution < 1.29 is 4.74 Å². The summed E-state index contributed by atoms with van der Waals surface area (Å²) in [7, 11) is 0. The molecule has 0 heterocycles. The lowest BCUT2D eigenvalue weighted by atomic mass is 10.4. The van der Waals surface area contributed by atoms with E-state index in [0.29, 0.717) is 0 Å². The van der Waals surface area contributed by atoms with E-state index in [1.54, 1.807) is 11.8 Å². The molecule has 90 valence electrons. The molecular weight excluding hydrogens is 242 g/mol. The van der Waals surface area contributed by atoms with Gasteiger partial charge in [0.05, 0.1) is 11.6 Å². The van der Waals surface area contributed by atoms with Gasteiger partial charge >= 0.3 is 0 Å². The van der Waals surface area contributed by atoms with Gasteiger partial charge in [-0.05, 0) is 19.1 Å². The van der Waals surface area contributed by atoms with Gasteiger partial charge < -0.3 is 10.1 Å². The molecule has 0 aliphatic heterocycles. The summed E-state index contributed by atoms with van der Waals surface area (Å²) in [6, 6.07) is 7.93. The van der Waals surface area contributed by atoms with Gasteiger partial charge in [0.15, 0.2) is 0 Å². The predicted octanol–water partition coefficient (Wildman–Crippen LogP) is 3.06. The zero-order chi connectivity index (χ0) is 11.6. The normalized spacial score (nSPS) is 10.6. The van der Waals surface area contributed by atoms with E-state index in [1.807, 2.05) is 31.2 Å². The highest BCUT2D eigenvalue weighted by atomic mass is 35.5. The fourth-order valence-electron chi connectivity index (χ4n) is 1.21. The number of hydrogen-bond donors (Lipinski definition) is 1. The minimum Gasteiger partial charge on any atom is -0.380 e. The first-order chi connectivity index (χ1) is 7.84. The Morgan fingerprint density at radius 1 is 1.31 bits per heavy atom. The van der Waals surface area contributed by atoms with E-state index < -0.39 is 0 Å². The summed E-state index contributed by atoms with van der Waals surface area (Å²) in [6.07, 6.45) is 0. The van der Waals surface area contributed by atoms with Crippen LogP contribution >= 0.6 is 23.4 Å². The molecule has 16 heavy (non-hydrogen) atoms. The van der Waals surface area contributed by atoms with Crippen molar-refractivity contribution in [2.45, 2.75) is 11.8 Å². The number of nitrogens with one attached hydrogen (secondary N) is 1. The number of rotatable bonds is 8. The Bertz CT molecular complexity index is 296. The first kappa shape index (κ1) is 13.8. The highest BCUT2D eigenvalue weighted by molar-refractivity contribution is 7.99. The predicted molar refractivity (Wildman–Crippen MR) is 71.5 cm³/mol. The number of ether oxygens (including phenoxy) is 1. The van der Waals surface area contributed by atoms with Crippen LogP contribution in [0.4, 0.5) is 0 Å². The van der Waals surface area contributed by atoms with Crippen LogP contribution in [0.3, 0.4) is 0 Å². The molecular formula is C12H18ClNOS. The van der Waals surface area contributed by atoms with Gasteiger partial charge in [0.25, 0.3) is 0 Å². The van der Waals surface area contributed by atoms with Crippen LogP contribution < -0.4 is 5.32 Å². The maximum absolute atomic E-state index is 6.04. The van der Waals surface area contributed by atoms with Gasteiger partial charge in [-0.25, -0.2) is 0 Å². The summed E-state index contributed by atoms with van der Waals surface area (Å²) >= 11 is 7.82. The van der Waals surface area contributed by atoms with Crippen molar-refractivity contribution in [1.82, 2.24) is 5.32 Å². The van der Waals surface area contributed by atoms with E-state index >= 15 is 0 Å². The van der Waals surface area contributed by atoms with Crippen molar-refractivity contribution >= 4 is 23.4 Å². The van der Waals surface area contributed by atoms with E-state index in [1.165, 1.54) is 0 Å². The van der Waals surface area contributed by atoms with Crippen LogP contribution in [0.2, 0.25) is 5.02 Å². The summed E-state index contributed by atoms with van der Waals surface area (Å²) in [4.78, 5) is 1.15. The largest absolute Gasteiger partial charge is 0.380 e. The highest BCUT2D eigenvalue weighted by Crippen LogP contribution is 2.25. The van der Waals surface area contributed by atoms with Crippen LogP contribution in [-0.4, -0.2) is 32.1 Å². The Morgan fingerprint density at radius 3 is 2.88 bits per heavy atom. The SMILES string of the molecule is CCOCCNCCSc1ccccc1Cl. The molecule has 1 aromatic carbocycles. The molecule has 0 aliphatic carbocycles. The average molecular weight is 260 g/mol. The van der Waals surface area contributed by atoms with E-state index in [9.17, 15) is 0 Å². The van der Waals surface area contributed by atoms with Crippen LogP contribution in [0.25, 0.3) is 0 Å². The number of thioether (sulfide) groups is 1. The molecule has 0 saturated carbocycles. The van der Waals surface area contributed by atoms with Crippen LogP contribution in [0.1, 0.15) is 6.92 Å². The zero-order valence-corrected chi connectivity index (χ0v) is 11.1. The van der Waals surface area contributed by atoms with Crippen molar-refractivity contribution in [3.8, 4) is 0 Å². The molecule has 0 unspecified atom stereocenters. The summed E-state index contributed by atoms with van der Waals surface area (Å²) in [6.45, 7) is 5.47. The monoisotopic (exact) mass is 259 g/mol. The molecule has 0 saturated heterocycles. The number of halogens is 1. The maximum Gasteiger partial charge on any atom is 0.0590 e. The Labute approximate surface area is 107 Å². The number of benzene rings is 1. The summed E-state index contributed by atoms with van der Waals surface area (Å²) in [5.41, 5.74) is 0. The summed E-state index contributed by atoms with van der Waals surface area (Å²) in [5, 5.41) is 4.16. The molecule has 4 heteroatoms. The van der Waals surface area contributed by atoms with Gasteiger partial charge in [0.2, 0.25) is 0 Å². The molecule has 0 spiro atoms. The average Bonchev–Trinajstić information content (AvgIpc) is 2.30. The van der Waals surface area contributed by atoms with Gasteiger partial charge in [-0.1, -0.05) is 23.7 Å². The van der Waals surface area contributed by atoms with Crippen molar-refractivity contribution in [2.24, 2.45) is 0 Å². The lowest BCUT2D eigenvalue weighted by molar-refractivity contribution is 0.150. The quantitative estimate of drug-likeness (QED) is 0.573. The second-order valence-corrected chi connectivity index (χ2v) is 4.77. The standard InChI is InChI=1S/C12H18ClNOS/c1-2-15-9-7-14-8-10-16-12-6-4-3-5-11(12)13/h3-6,14H,2,7-10H2,1H3. The van der Waals surface area contributed by atoms with E-state index in [2.05, 4.69) is 5.32 Å². The lowest BCUT2D eigenvalue weighted by Gasteiger charge is -2.05. The first-order valence-corrected chi connectivity index (χ1v) is 6.86. The molecule has 0 radical (unpaired) electrons. The Balaban J connectivity index is 2.05. The second-order valence-electron chi connectivity index (χ2n) is 3.23. The maximum atomic E-state index is 6.04. The van der Waals surface area contributed by atoms with Crippen LogP contribution in [0, 0.1) is 0 Å². The zero-order valence-electron chi connectivity index (χ0n) is 9.54. The van der Waals surface area contributed by atoms with Crippen molar-refractivity contribution in [3.05, 3.63) is 29.3 Å². The first-order valence-electron chi connectivity index (χ1n) is 5.50. The van der Waals surface area contributed by atoms with Crippen molar-refractivity contribution in [3.63, 3.8) is 0 Å². The minimum atomic E-state index is 0.785. The Hall–Kier alpha value is -0.220. The van der Waals surface area contributed by atoms with E-state index in [0.717, 1.165) is 42.0 Å². The molecule has 1 aromatic rings. The minimum absolute atomic E-state index is 0.785. The van der Waals surface area contributed by atoms with Gasteiger partial charge in [-0.15, -0.1) is 11.8 Å². The third kappa shape index (κ3) is 5.75. The Morgan fingerprint density at radius 2 is 2.12 bits per heavy atom. The van der Waals surface area contributed by atoms with Crippen LogP contribution in [-0.2, 0) is 4.74 Å². The molecule has 0 aromatic heterocycles. The molecule has 0 aliphatic rings. The molecule has 1 rings (SSSR count). The third-order valence-corrected chi connectivity index (χ3v) is 3.52. The van der Waals surface area contributed by atoms with Gasteiger partial charge in [0.1, 0.15) is 0 Å². The third-order valence-electron chi connectivity index (χ3n) is 2.00. The second kappa shape index (κ2) is 8.88. The topological polar surface area (TPSA) is 21.3 Å². The van der Waals surface area contributed by atoms with Crippen LogP contribution in [0.5, 0.6) is 0 Å². The molecule has 0 atom stereocenters. The molecule has 0 amide bonds. The lowest BCUT2D eigenvalue weighted by Crippen LogP contribution is -2.22. The van der Waals surface area contributed by atoms with Crippen molar-refractivity contribution in [1.29, 1.82) is 0 Å². The smallest absolute Gasteiger partial charge is 0.0590 e.